The van der Waals surface area contributed by atoms with Crippen LogP contribution in [0.3, 0.4) is 0 Å². The van der Waals surface area contributed by atoms with Crippen molar-refractivity contribution in [3.05, 3.63) is 41.9 Å². The van der Waals surface area contributed by atoms with Gasteiger partial charge in [0.1, 0.15) is 5.82 Å². The van der Waals surface area contributed by atoms with Crippen LogP contribution in [0.25, 0.3) is 11.3 Å². The second-order valence-corrected chi connectivity index (χ2v) is 3.09. The normalized spacial score (nSPS) is 10.1. The summed E-state index contributed by atoms with van der Waals surface area (Å²) in [5.74, 6) is 0.848. The zero-order chi connectivity index (χ0) is 9.97. The maximum absolute atomic E-state index is 10.8. The Morgan fingerprint density at radius 3 is 2.79 bits per heavy atom. The number of benzene rings is 1. The molecule has 0 radical (unpaired) electrons. The minimum atomic E-state index is 0.677. The van der Waals surface area contributed by atoms with Gasteiger partial charge in [-0.1, -0.05) is 24.3 Å². The minimum absolute atomic E-state index is 0.677. The highest BCUT2D eigenvalue weighted by Gasteiger charge is 2.04. The van der Waals surface area contributed by atoms with Gasteiger partial charge < -0.3 is 4.98 Å². The van der Waals surface area contributed by atoms with E-state index in [2.05, 4.69) is 9.97 Å². The number of aromatic amines is 1. The van der Waals surface area contributed by atoms with Crippen molar-refractivity contribution in [3.8, 4) is 11.3 Å². The van der Waals surface area contributed by atoms with Crippen LogP contribution in [-0.2, 0) is 0 Å². The summed E-state index contributed by atoms with van der Waals surface area (Å²) in [5, 5.41) is 0. The van der Waals surface area contributed by atoms with Crippen LogP contribution in [0.1, 0.15) is 16.2 Å². The van der Waals surface area contributed by atoms with Gasteiger partial charge in [-0.25, -0.2) is 4.98 Å². The van der Waals surface area contributed by atoms with Gasteiger partial charge in [-0.05, 0) is 6.92 Å². The Morgan fingerprint density at radius 2 is 2.14 bits per heavy atom. The minimum Gasteiger partial charge on any atom is -0.342 e. The number of nitrogens with zero attached hydrogens (tertiary/aromatic N) is 1. The molecule has 0 amide bonds. The first-order valence-corrected chi connectivity index (χ1v) is 4.37. The van der Waals surface area contributed by atoms with Gasteiger partial charge in [-0.3, -0.25) is 4.79 Å². The lowest BCUT2D eigenvalue weighted by molar-refractivity contribution is 0.112. The number of imidazole rings is 1. The van der Waals surface area contributed by atoms with Gasteiger partial charge in [0.05, 0.1) is 11.9 Å². The van der Waals surface area contributed by atoms with Gasteiger partial charge in [0, 0.05) is 11.1 Å². The molecule has 70 valence electrons. The SMILES string of the molecule is Cc1ncc(-c2ccccc2C=O)[nH]1. The number of rotatable bonds is 2. The highest BCUT2D eigenvalue weighted by atomic mass is 16.1. The van der Waals surface area contributed by atoms with Crippen molar-refractivity contribution >= 4 is 6.29 Å². The molecule has 0 saturated heterocycles. The molecule has 3 heteroatoms. The van der Waals surface area contributed by atoms with Gasteiger partial charge in [-0.15, -0.1) is 0 Å². The highest BCUT2D eigenvalue weighted by molar-refractivity contribution is 5.86. The average Bonchev–Trinajstić information content (AvgIpc) is 2.65. The molecule has 0 fully saturated rings. The topological polar surface area (TPSA) is 45.8 Å². The number of aldehydes is 1. The van der Waals surface area contributed by atoms with E-state index in [4.69, 9.17) is 0 Å². The van der Waals surface area contributed by atoms with Crippen molar-refractivity contribution in [2.75, 3.05) is 0 Å². The molecule has 0 saturated carbocycles. The second-order valence-electron chi connectivity index (χ2n) is 3.09. The van der Waals surface area contributed by atoms with Gasteiger partial charge in [0.15, 0.2) is 6.29 Å². The van der Waals surface area contributed by atoms with Gasteiger partial charge >= 0.3 is 0 Å². The summed E-state index contributed by atoms with van der Waals surface area (Å²) in [6, 6.07) is 7.43. The Morgan fingerprint density at radius 1 is 1.36 bits per heavy atom. The first-order valence-electron chi connectivity index (χ1n) is 4.37. The lowest BCUT2D eigenvalue weighted by atomic mass is 10.1. The molecule has 0 atom stereocenters. The molecule has 0 spiro atoms. The molecule has 1 aromatic carbocycles. The van der Waals surface area contributed by atoms with E-state index in [1.165, 1.54) is 0 Å². The summed E-state index contributed by atoms with van der Waals surface area (Å²) in [5.41, 5.74) is 2.45. The first kappa shape index (κ1) is 8.69. The van der Waals surface area contributed by atoms with E-state index in [1.807, 2.05) is 25.1 Å². The Labute approximate surface area is 81.8 Å². The molecule has 3 nitrogen and oxygen atoms in total. The summed E-state index contributed by atoms with van der Waals surface area (Å²) < 4.78 is 0. The van der Waals surface area contributed by atoms with Crippen LogP contribution in [0.15, 0.2) is 30.5 Å². The summed E-state index contributed by atoms with van der Waals surface area (Å²) in [7, 11) is 0. The van der Waals surface area contributed by atoms with Crippen LogP contribution >= 0.6 is 0 Å². The predicted octanol–water partition coefficient (Wildman–Crippen LogP) is 2.20. The van der Waals surface area contributed by atoms with Crippen LogP contribution < -0.4 is 0 Å². The van der Waals surface area contributed by atoms with E-state index < -0.39 is 0 Å². The van der Waals surface area contributed by atoms with Crippen molar-refractivity contribution in [2.45, 2.75) is 6.92 Å². The van der Waals surface area contributed by atoms with Crippen molar-refractivity contribution < 1.29 is 4.79 Å². The van der Waals surface area contributed by atoms with E-state index >= 15 is 0 Å². The predicted molar refractivity (Wildman–Crippen MR) is 54.1 cm³/mol. The molecule has 1 heterocycles. The van der Waals surface area contributed by atoms with E-state index in [0.29, 0.717) is 5.56 Å². The summed E-state index contributed by atoms with van der Waals surface area (Å²) in [4.78, 5) is 18.0. The number of carbonyl (C=O) groups is 1. The van der Waals surface area contributed by atoms with Gasteiger partial charge in [0.25, 0.3) is 0 Å². The fourth-order valence-electron chi connectivity index (χ4n) is 1.40. The first-order chi connectivity index (χ1) is 6.81. The maximum atomic E-state index is 10.8. The quantitative estimate of drug-likeness (QED) is 0.731. The van der Waals surface area contributed by atoms with Crippen molar-refractivity contribution in [1.82, 2.24) is 9.97 Å². The summed E-state index contributed by atoms with van der Waals surface area (Å²) in [6.07, 6.45) is 2.59. The number of H-pyrrole nitrogens is 1. The van der Waals surface area contributed by atoms with Crippen molar-refractivity contribution in [1.29, 1.82) is 0 Å². The fraction of sp³-hybridized carbons (Fsp3) is 0.0909. The highest BCUT2D eigenvalue weighted by Crippen LogP contribution is 2.20. The Bertz CT molecular complexity index is 460. The van der Waals surface area contributed by atoms with E-state index in [1.54, 1.807) is 12.3 Å². The van der Waals surface area contributed by atoms with E-state index in [-0.39, 0.29) is 0 Å². The van der Waals surface area contributed by atoms with Crippen LogP contribution in [0.4, 0.5) is 0 Å². The molecule has 1 aromatic heterocycles. The third-order valence-corrected chi connectivity index (χ3v) is 2.08. The number of hydrogen-bond acceptors (Lipinski definition) is 2. The molecule has 2 rings (SSSR count). The molecular weight excluding hydrogens is 176 g/mol. The monoisotopic (exact) mass is 186 g/mol. The molecule has 2 aromatic rings. The summed E-state index contributed by atoms with van der Waals surface area (Å²) in [6.45, 7) is 1.88. The molecular formula is C11H10N2O. The molecule has 0 unspecified atom stereocenters. The molecule has 14 heavy (non-hydrogen) atoms. The van der Waals surface area contributed by atoms with Crippen LogP contribution in [0.2, 0.25) is 0 Å². The van der Waals surface area contributed by atoms with Crippen molar-refractivity contribution in [2.24, 2.45) is 0 Å². The van der Waals surface area contributed by atoms with Crippen molar-refractivity contribution in [3.63, 3.8) is 0 Å². The zero-order valence-corrected chi connectivity index (χ0v) is 7.82. The van der Waals surface area contributed by atoms with E-state index in [0.717, 1.165) is 23.4 Å². The third-order valence-electron chi connectivity index (χ3n) is 2.08. The number of aryl methyl sites for hydroxylation is 1. The Balaban J connectivity index is 2.55. The molecule has 0 aliphatic heterocycles. The molecule has 0 aliphatic carbocycles. The number of carbonyl (C=O) groups excluding carboxylic acids is 1. The van der Waals surface area contributed by atoms with Gasteiger partial charge in [0.2, 0.25) is 0 Å². The third kappa shape index (κ3) is 1.44. The maximum Gasteiger partial charge on any atom is 0.150 e. The smallest absolute Gasteiger partial charge is 0.150 e. The zero-order valence-electron chi connectivity index (χ0n) is 7.82. The van der Waals surface area contributed by atoms with Gasteiger partial charge in [-0.2, -0.15) is 0 Å². The lowest BCUT2D eigenvalue weighted by Gasteiger charge is -1.99. The standard InChI is InChI=1S/C11H10N2O/c1-8-12-6-11(13-8)10-5-3-2-4-9(10)7-14/h2-7H,1H3,(H,12,13). The summed E-state index contributed by atoms with van der Waals surface area (Å²) >= 11 is 0. The fourth-order valence-corrected chi connectivity index (χ4v) is 1.40. The molecule has 0 bridgehead atoms. The second kappa shape index (κ2) is 3.46. The largest absolute Gasteiger partial charge is 0.342 e. The van der Waals surface area contributed by atoms with Crippen LogP contribution in [-0.4, -0.2) is 16.3 Å². The average molecular weight is 186 g/mol. The lowest BCUT2D eigenvalue weighted by Crippen LogP contribution is -1.86. The Hall–Kier alpha value is -1.90. The number of nitrogens with one attached hydrogen (secondary N) is 1. The van der Waals surface area contributed by atoms with Crippen LogP contribution in [0.5, 0.6) is 0 Å². The molecule has 0 aliphatic rings. The Kier molecular flexibility index (Phi) is 2.14. The number of hydrogen-bond donors (Lipinski definition) is 1. The molecule has 1 N–H and O–H groups in total. The van der Waals surface area contributed by atoms with E-state index in [9.17, 15) is 4.79 Å². The number of aromatic nitrogens is 2. The van der Waals surface area contributed by atoms with Crippen LogP contribution in [0, 0.1) is 6.92 Å².